The van der Waals surface area contributed by atoms with Crippen LogP contribution in [-0.2, 0) is 22.3 Å². The van der Waals surface area contributed by atoms with Gasteiger partial charge in [-0.05, 0) is 47.2 Å². The van der Waals surface area contributed by atoms with Crippen molar-refractivity contribution in [3.8, 4) is 5.69 Å². The lowest BCUT2D eigenvalue weighted by Gasteiger charge is -2.11. The third-order valence-corrected chi connectivity index (χ3v) is 6.19. The lowest BCUT2D eigenvalue weighted by molar-refractivity contribution is 0.102. The molecule has 1 aliphatic heterocycles. The monoisotopic (exact) mass is 405 g/mol. The van der Waals surface area contributed by atoms with Gasteiger partial charge in [0.05, 0.1) is 22.9 Å². The molecular weight excluding hydrogens is 389 g/mol. The van der Waals surface area contributed by atoms with Gasteiger partial charge < -0.3 is 5.32 Å². The summed E-state index contributed by atoms with van der Waals surface area (Å²) in [7, 11) is -1.03. The van der Waals surface area contributed by atoms with Crippen molar-refractivity contribution in [2.45, 2.75) is 11.5 Å². The number of amides is 1. The van der Waals surface area contributed by atoms with Crippen LogP contribution in [0.5, 0.6) is 0 Å². The predicted octanol–water partition coefficient (Wildman–Crippen LogP) is 4.18. The summed E-state index contributed by atoms with van der Waals surface area (Å²) < 4.78 is 26.9. The normalized spacial score (nSPS) is 15.4. The van der Waals surface area contributed by atoms with Gasteiger partial charge in [-0.25, -0.2) is 9.07 Å². The first-order valence-corrected chi connectivity index (χ1v) is 10.6. The molecule has 4 aromatic rings. The number of nitrogens with zero attached hydrogens (tertiary/aromatic N) is 2. The zero-order valence-corrected chi connectivity index (χ0v) is 16.1. The van der Waals surface area contributed by atoms with E-state index in [4.69, 9.17) is 0 Å². The highest BCUT2D eigenvalue weighted by Gasteiger charge is 2.28. The molecule has 0 fully saturated rings. The Hall–Kier alpha value is -3.32. The summed E-state index contributed by atoms with van der Waals surface area (Å²) in [4.78, 5) is 13.0. The molecule has 0 saturated heterocycles. The smallest absolute Gasteiger partial charge is 0.256 e. The van der Waals surface area contributed by atoms with Gasteiger partial charge in [0.2, 0.25) is 0 Å². The average molecular weight is 405 g/mol. The second kappa shape index (κ2) is 6.93. The maximum Gasteiger partial charge on any atom is 0.256 e. The molecule has 144 valence electrons. The van der Waals surface area contributed by atoms with Crippen LogP contribution < -0.4 is 5.32 Å². The number of aromatic nitrogens is 2. The van der Waals surface area contributed by atoms with Crippen molar-refractivity contribution < 1.29 is 13.4 Å². The van der Waals surface area contributed by atoms with Crippen LogP contribution in [0, 0.1) is 5.82 Å². The van der Waals surface area contributed by atoms with Gasteiger partial charge in [-0.1, -0.05) is 30.3 Å². The first-order valence-electron chi connectivity index (χ1n) is 9.10. The maximum atomic E-state index is 13.3. The summed E-state index contributed by atoms with van der Waals surface area (Å²) in [5.41, 5.74) is 2.60. The lowest BCUT2D eigenvalue weighted by Crippen LogP contribution is -2.16. The maximum absolute atomic E-state index is 13.3. The lowest BCUT2D eigenvalue weighted by atomic mass is 10.1. The summed E-state index contributed by atoms with van der Waals surface area (Å²) in [6.45, 7) is 0. The molecule has 0 radical (unpaired) electrons. The van der Waals surface area contributed by atoms with Crippen LogP contribution in [0.2, 0.25) is 0 Å². The van der Waals surface area contributed by atoms with Crippen LogP contribution in [0.4, 0.5) is 10.2 Å². The van der Waals surface area contributed by atoms with Crippen LogP contribution in [0.25, 0.3) is 16.5 Å². The molecule has 3 aromatic carbocycles. The minimum atomic E-state index is -1.03. The molecule has 0 aliphatic carbocycles. The van der Waals surface area contributed by atoms with Gasteiger partial charge in [-0.2, -0.15) is 5.10 Å². The zero-order valence-electron chi connectivity index (χ0n) is 15.3. The van der Waals surface area contributed by atoms with Gasteiger partial charge in [0.15, 0.2) is 0 Å². The number of benzene rings is 3. The molecule has 2 heterocycles. The highest BCUT2D eigenvalue weighted by atomic mass is 32.2. The highest BCUT2D eigenvalue weighted by Crippen LogP contribution is 2.31. The molecule has 5 rings (SSSR count). The predicted molar refractivity (Wildman–Crippen MR) is 111 cm³/mol. The SMILES string of the molecule is O=C(Nc1c2c(nn1-c1ccc(F)cc1)CS(=O)C2)c1ccc2ccccc2c1. The van der Waals surface area contributed by atoms with E-state index < -0.39 is 10.8 Å². The third-order valence-electron chi connectivity index (χ3n) is 4.98. The molecule has 29 heavy (non-hydrogen) atoms. The van der Waals surface area contributed by atoms with Gasteiger partial charge in [0, 0.05) is 21.9 Å². The molecule has 1 aromatic heterocycles. The summed E-state index contributed by atoms with van der Waals surface area (Å²) >= 11 is 0. The van der Waals surface area contributed by atoms with Crippen molar-refractivity contribution in [3.05, 3.63) is 89.4 Å². The van der Waals surface area contributed by atoms with Gasteiger partial charge in [-0.3, -0.25) is 9.00 Å². The Labute approximate surface area is 168 Å². The molecule has 5 nitrogen and oxygen atoms in total. The number of rotatable bonds is 3. The Kier molecular flexibility index (Phi) is 4.24. The van der Waals surface area contributed by atoms with Gasteiger partial charge in [-0.15, -0.1) is 0 Å². The number of fused-ring (bicyclic) bond motifs is 2. The zero-order chi connectivity index (χ0) is 20.0. The molecule has 1 aliphatic rings. The fourth-order valence-corrected chi connectivity index (χ4v) is 4.80. The van der Waals surface area contributed by atoms with Crippen molar-refractivity contribution in [2.75, 3.05) is 5.32 Å². The van der Waals surface area contributed by atoms with Crippen LogP contribution in [0.1, 0.15) is 21.6 Å². The Morgan fingerprint density at radius 1 is 1.00 bits per heavy atom. The molecule has 0 bridgehead atoms. The minimum Gasteiger partial charge on any atom is -0.306 e. The number of carbonyl (C=O) groups excluding carboxylic acids is 1. The Balaban J connectivity index is 1.55. The summed E-state index contributed by atoms with van der Waals surface area (Å²) in [6.07, 6.45) is 0. The first kappa shape index (κ1) is 17.8. The Bertz CT molecular complexity index is 1280. The molecule has 1 atom stereocenters. The largest absolute Gasteiger partial charge is 0.306 e. The van der Waals surface area contributed by atoms with Crippen molar-refractivity contribution in [3.63, 3.8) is 0 Å². The number of halogens is 1. The van der Waals surface area contributed by atoms with Gasteiger partial charge in [0.25, 0.3) is 5.91 Å². The average Bonchev–Trinajstić information content (AvgIpc) is 3.25. The standard InChI is InChI=1S/C22H16FN3O2S/c23-17-7-9-18(10-8-17)26-21(19-12-29(28)13-20(19)25-26)24-22(27)16-6-5-14-3-1-2-4-15(14)11-16/h1-11H,12-13H2,(H,24,27). The quantitative estimate of drug-likeness (QED) is 0.556. The Morgan fingerprint density at radius 3 is 2.55 bits per heavy atom. The first-order chi connectivity index (χ1) is 14.1. The van der Waals surface area contributed by atoms with E-state index in [1.54, 1.807) is 22.9 Å². The molecule has 0 spiro atoms. The molecule has 1 unspecified atom stereocenters. The van der Waals surface area contributed by atoms with E-state index in [-0.39, 0.29) is 11.7 Å². The fraction of sp³-hybridized carbons (Fsp3) is 0.0909. The number of carbonyl (C=O) groups is 1. The van der Waals surface area contributed by atoms with E-state index in [9.17, 15) is 13.4 Å². The topological polar surface area (TPSA) is 64.0 Å². The second-order valence-electron chi connectivity index (χ2n) is 6.91. The number of anilines is 1. The van der Waals surface area contributed by atoms with Gasteiger partial charge >= 0.3 is 0 Å². The fourth-order valence-electron chi connectivity index (χ4n) is 3.54. The van der Waals surface area contributed by atoms with E-state index in [2.05, 4.69) is 10.4 Å². The summed E-state index contributed by atoms with van der Waals surface area (Å²) in [6, 6.07) is 19.2. The van der Waals surface area contributed by atoms with E-state index in [0.29, 0.717) is 34.3 Å². The van der Waals surface area contributed by atoms with Crippen molar-refractivity contribution in [1.82, 2.24) is 9.78 Å². The molecule has 0 saturated carbocycles. The molecule has 7 heteroatoms. The van der Waals surface area contributed by atoms with Crippen LogP contribution in [0.15, 0.2) is 66.7 Å². The van der Waals surface area contributed by atoms with Crippen LogP contribution in [0.3, 0.4) is 0 Å². The van der Waals surface area contributed by atoms with Crippen molar-refractivity contribution >= 4 is 33.3 Å². The molecule has 1 N–H and O–H groups in total. The molecular formula is C22H16FN3O2S. The van der Waals surface area contributed by atoms with E-state index in [1.807, 2.05) is 36.4 Å². The van der Waals surface area contributed by atoms with E-state index >= 15 is 0 Å². The number of hydrogen-bond donors (Lipinski definition) is 1. The van der Waals surface area contributed by atoms with Crippen molar-refractivity contribution in [2.24, 2.45) is 0 Å². The van der Waals surface area contributed by atoms with Crippen LogP contribution in [-0.4, -0.2) is 19.9 Å². The third kappa shape index (κ3) is 3.23. The number of hydrogen-bond acceptors (Lipinski definition) is 3. The summed E-state index contributed by atoms with van der Waals surface area (Å²) in [5.74, 6) is 0.540. The van der Waals surface area contributed by atoms with E-state index in [0.717, 1.165) is 16.3 Å². The summed E-state index contributed by atoms with van der Waals surface area (Å²) in [5, 5.41) is 9.49. The van der Waals surface area contributed by atoms with Crippen LogP contribution >= 0.6 is 0 Å². The van der Waals surface area contributed by atoms with Gasteiger partial charge in [0.1, 0.15) is 11.6 Å². The highest BCUT2D eigenvalue weighted by molar-refractivity contribution is 7.83. The van der Waals surface area contributed by atoms with E-state index in [1.165, 1.54) is 12.1 Å². The van der Waals surface area contributed by atoms with Crippen molar-refractivity contribution in [1.29, 1.82) is 0 Å². The Morgan fingerprint density at radius 2 is 1.76 bits per heavy atom. The number of nitrogens with one attached hydrogen (secondary N) is 1. The molecule has 1 amide bonds. The second-order valence-corrected chi connectivity index (χ2v) is 8.36. The minimum absolute atomic E-state index is 0.278.